The first kappa shape index (κ1) is 14.7. The van der Waals surface area contributed by atoms with Crippen LogP contribution in [0.1, 0.15) is 24.2 Å². The highest BCUT2D eigenvalue weighted by atomic mass is 19.1. The number of rotatable bonds is 2. The normalized spacial score (nSPS) is 10.0. The molecule has 3 rings (SSSR count). The van der Waals surface area contributed by atoms with Crippen molar-refractivity contribution in [2.75, 3.05) is 0 Å². The van der Waals surface area contributed by atoms with E-state index >= 15 is 0 Å². The van der Waals surface area contributed by atoms with Crippen LogP contribution in [-0.4, -0.2) is 16.1 Å². The van der Waals surface area contributed by atoms with Gasteiger partial charge in [0.25, 0.3) is 0 Å². The molecule has 0 aliphatic heterocycles. The molecule has 3 N–H and O–H groups in total. The Morgan fingerprint density at radius 1 is 1.14 bits per heavy atom. The molecule has 0 unspecified atom stereocenters. The summed E-state index contributed by atoms with van der Waals surface area (Å²) in [5.41, 5.74) is 7.91. The van der Waals surface area contributed by atoms with Gasteiger partial charge in [0.1, 0.15) is 5.82 Å². The number of fused-ring (bicyclic) bond motifs is 1. The lowest BCUT2D eigenvalue weighted by Crippen LogP contribution is -2.10. The molecule has 0 bridgehead atoms. The average Bonchev–Trinajstić information content (AvgIpc) is 2.93. The van der Waals surface area contributed by atoms with Gasteiger partial charge < -0.3 is 5.73 Å². The van der Waals surface area contributed by atoms with E-state index in [1.807, 2.05) is 13.8 Å². The van der Waals surface area contributed by atoms with E-state index in [4.69, 9.17) is 5.73 Å². The minimum absolute atomic E-state index is 0.304. The van der Waals surface area contributed by atoms with Crippen molar-refractivity contribution >= 4 is 16.8 Å². The number of hydrogen-bond donors (Lipinski definition) is 2. The number of carbonyl (C=O) groups excluding carboxylic acids is 1. The molecule has 0 spiro atoms. The summed E-state index contributed by atoms with van der Waals surface area (Å²) in [6, 6.07) is 11.1. The van der Waals surface area contributed by atoms with Crippen molar-refractivity contribution in [3.63, 3.8) is 0 Å². The van der Waals surface area contributed by atoms with Gasteiger partial charge in [0, 0.05) is 16.5 Å². The average molecular weight is 285 g/mol. The van der Waals surface area contributed by atoms with E-state index < -0.39 is 5.91 Å². The van der Waals surface area contributed by atoms with E-state index in [-0.39, 0.29) is 5.82 Å². The smallest absolute Gasteiger partial charge is 0.248 e. The van der Waals surface area contributed by atoms with Gasteiger partial charge in [0.2, 0.25) is 5.91 Å². The number of nitrogens with one attached hydrogen (secondary N) is 1. The number of H-pyrrole nitrogens is 1. The van der Waals surface area contributed by atoms with Crippen molar-refractivity contribution in [2.45, 2.75) is 13.8 Å². The maximum absolute atomic E-state index is 12.9. The Balaban J connectivity index is 0.000000774. The lowest BCUT2D eigenvalue weighted by molar-refractivity contribution is 0.100. The second kappa shape index (κ2) is 6.17. The number of primary amides is 1. The van der Waals surface area contributed by atoms with Gasteiger partial charge >= 0.3 is 0 Å². The third-order valence-corrected chi connectivity index (χ3v) is 2.97. The largest absolute Gasteiger partial charge is 0.366 e. The number of aromatic nitrogens is 2. The Morgan fingerprint density at radius 2 is 1.81 bits per heavy atom. The summed E-state index contributed by atoms with van der Waals surface area (Å²) in [6.45, 7) is 4.00. The van der Waals surface area contributed by atoms with E-state index in [1.165, 1.54) is 12.1 Å². The highest BCUT2D eigenvalue weighted by Crippen LogP contribution is 2.27. The van der Waals surface area contributed by atoms with Crippen molar-refractivity contribution in [2.24, 2.45) is 5.73 Å². The maximum atomic E-state index is 12.9. The van der Waals surface area contributed by atoms with Crippen molar-refractivity contribution < 1.29 is 9.18 Å². The molecular formula is C16H16FN3O. The van der Waals surface area contributed by atoms with Crippen LogP contribution in [0.3, 0.4) is 0 Å². The standard InChI is InChI=1S/C14H10FN3O.C2H6/c15-10-4-1-8(2-5-10)13-11-7-9(14(16)19)3-6-12(11)17-18-13;1-2/h1-7H,(H2,16,19)(H,17,18);1-2H3. The molecule has 21 heavy (non-hydrogen) atoms. The number of halogens is 1. The van der Waals surface area contributed by atoms with E-state index in [0.29, 0.717) is 11.3 Å². The molecule has 1 heterocycles. The molecule has 2 aromatic carbocycles. The van der Waals surface area contributed by atoms with Crippen LogP contribution in [0, 0.1) is 5.82 Å². The van der Waals surface area contributed by atoms with Gasteiger partial charge in [0.05, 0.1) is 11.2 Å². The van der Waals surface area contributed by atoms with Crippen LogP contribution in [0.2, 0.25) is 0 Å². The zero-order valence-corrected chi connectivity index (χ0v) is 11.9. The first-order valence-corrected chi connectivity index (χ1v) is 6.69. The van der Waals surface area contributed by atoms with Crippen LogP contribution in [0.4, 0.5) is 4.39 Å². The summed E-state index contributed by atoms with van der Waals surface area (Å²) >= 11 is 0. The monoisotopic (exact) mass is 285 g/mol. The molecule has 0 fully saturated rings. The Morgan fingerprint density at radius 3 is 2.43 bits per heavy atom. The number of amides is 1. The summed E-state index contributed by atoms with van der Waals surface area (Å²) < 4.78 is 12.9. The number of benzene rings is 2. The molecule has 3 aromatic rings. The van der Waals surface area contributed by atoms with Crippen LogP contribution < -0.4 is 5.73 Å². The van der Waals surface area contributed by atoms with Crippen LogP contribution in [0.15, 0.2) is 42.5 Å². The van der Waals surface area contributed by atoms with Gasteiger partial charge in [-0.3, -0.25) is 9.89 Å². The Hall–Kier alpha value is -2.69. The van der Waals surface area contributed by atoms with Crippen LogP contribution >= 0.6 is 0 Å². The molecule has 108 valence electrons. The molecule has 1 amide bonds. The summed E-state index contributed by atoms with van der Waals surface area (Å²) in [5, 5.41) is 7.85. The Kier molecular flexibility index (Phi) is 4.33. The zero-order chi connectivity index (χ0) is 15.4. The van der Waals surface area contributed by atoms with Gasteiger partial charge in [-0.05, 0) is 42.5 Å². The fraction of sp³-hybridized carbons (Fsp3) is 0.125. The minimum Gasteiger partial charge on any atom is -0.366 e. The SMILES string of the molecule is CC.NC(=O)c1ccc2[nH]nc(-c3ccc(F)cc3)c2c1. The number of aromatic amines is 1. The fourth-order valence-corrected chi connectivity index (χ4v) is 2.00. The predicted octanol–water partition coefficient (Wildman–Crippen LogP) is 3.49. The van der Waals surface area contributed by atoms with Crippen LogP contribution in [0.25, 0.3) is 22.2 Å². The Labute approximate surface area is 121 Å². The van der Waals surface area contributed by atoms with Gasteiger partial charge in [-0.1, -0.05) is 13.8 Å². The summed E-state index contributed by atoms with van der Waals surface area (Å²) in [6.07, 6.45) is 0. The van der Waals surface area contributed by atoms with Crippen molar-refractivity contribution in [1.29, 1.82) is 0 Å². The number of nitrogens with two attached hydrogens (primary N) is 1. The number of nitrogens with zero attached hydrogens (tertiary/aromatic N) is 1. The molecule has 0 atom stereocenters. The quantitative estimate of drug-likeness (QED) is 0.756. The molecule has 0 saturated carbocycles. The summed E-state index contributed by atoms with van der Waals surface area (Å²) in [5.74, 6) is -0.797. The molecule has 0 aliphatic carbocycles. The third-order valence-electron chi connectivity index (χ3n) is 2.97. The van der Waals surface area contributed by atoms with E-state index in [2.05, 4.69) is 10.2 Å². The highest BCUT2D eigenvalue weighted by molar-refractivity contribution is 6.00. The number of hydrogen-bond acceptors (Lipinski definition) is 2. The molecule has 4 nitrogen and oxygen atoms in total. The Bertz CT molecular complexity index is 763. The third kappa shape index (κ3) is 2.91. The van der Waals surface area contributed by atoms with Gasteiger partial charge in [-0.2, -0.15) is 5.10 Å². The second-order valence-corrected chi connectivity index (χ2v) is 4.20. The summed E-state index contributed by atoms with van der Waals surface area (Å²) in [4.78, 5) is 11.2. The minimum atomic E-state index is -0.492. The molecule has 1 aromatic heterocycles. The number of carbonyl (C=O) groups is 1. The maximum Gasteiger partial charge on any atom is 0.248 e. The van der Waals surface area contributed by atoms with E-state index in [1.54, 1.807) is 30.3 Å². The molecule has 5 heteroatoms. The second-order valence-electron chi connectivity index (χ2n) is 4.20. The van der Waals surface area contributed by atoms with Crippen molar-refractivity contribution in [3.8, 4) is 11.3 Å². The zero-order valence-electron chi connectivity index (χ0n) is 11.9. The van der Waals surface area contributed by atoms with Gasteiger partial charge in [-0.15, -0.1) is 0 Å². The highest BCUT2D eigenvalue weighted by Gasteiger charge is 2.10. The van der Waals surface area contributed by atoms with Crippen LogP contribution in [-0.2, 0) is 0 Å². The first-order valence-electron chi connectivity index (χ1n) is 6.69. The van der Waals surface area contributed by atoms with Gasteiger partial charge in [-0.25, -0.2) is 4.39 Å². The van der Waals surface area contributed by atoms with Crippen molar-refractivity contribution in [1.82, 2.24) is 10.2 Å². The summed E-state index contributed by atoms with van der Waals surface area (Å²) in [7, 11) is 0. The van der Waals surface area contributed by atoms with Crippen molar-refractivity contribution in [3.05, 3.63) is 53.8 Å². The molecule has 0 saturated heterocycles. The van der Waals surface area contributed by atoms with Crippen LogP contribution in [0.5, 0.6) is 0 Å². The van der Waals surface area contributed by atoms with E-state index in [0.717, 1.165) is 16.5 Å². The molecule has 0 radical (unpaired) electrons. The predicted molar refractivity (Wildman–Crippen MR) is 81.4 cm³/mol. The first-order chi connectivity index (χ1) is 10.1. The molecule has 0 aliphatic rings. The van der Waals surface area contributed by atoms with Gasteiger partial charge in [0.15, 0.2) is 0 Å². The lowest BCUT2D eigenvalue weighted by Gasteiger charge is -1.99. The topological polar surface area (TPSA) is 71.8 Å². The van der Waals surface area contributed by atoms with E-state index in [9.17, 15) is 9.18 Å². The fourth-order valence-electron chi connectivity index (χ4n) is 2.00. The lowest BCUT2D eigenvalue weighted by atomic mass is 10.1. The molecular weight excluding hydrogens is 269 g/mol.